The maximum Gasteiger partial charge on any atom is 0.227 e. The third kappa shape index (κ3) is 3.84. The Bertz CT molecular complexity index is 1300. The first-order valence-corrected chi connectivity index (χ1v) is 10.2. The van der Waals surface area contributed by atoms with Crippen LogP contribution in [0.25, 0.3) is 21.7 Å². The molecule has 0 unspecified atom stereocenters. The van der Waals surface area contributed by atoms with Gasteiger partial charge in [-0.15, -0.1) is 0 Å². The standard InChI is InChI=1S/C25H22N2O4/c1-29-23-13-20-21(14-24(23)30-2)26-10-9-22(20)31-19-8-6-15-5-7-18(11-17(15)12-19)27-25(28)16-3-4-16/h5-14,16H,3-4H2,1-2H3,(H,27,28). The Balaban J connectivity index is 1.48. The van der Waals surface area contributed by atoms with E-state index in [1.54, 1.807) is 20.4 Å². The van der Waals surface area contributed by atoms with E-state index in [0.29, 0.717) is 23.0 Å². The van der Waals surface area contributed by atoms with Crippen molar-refractivity contribution >= 4 is 33.3 Å². The molecule has 0 bridgehead atoms. The fourth-order valence-corrected chi connectivity index (χ4v) is 3.62. The SMILES string of the molecule is COc1cc2nccc(Oc3ccc4ccc(NC(=O)C5CC5)cc4c3)c2cc1OC. The molecule has 1 aliphatic rings. The van der Waals surface area contributed by atoms with Crippen molar-refractivity contribution in [1.82, 2.24) is 4.98 Å². The number of anilines is 1. The number of amides is 1. The van der Waals surface area contributed by atoms with Crippen LogP contribution in [-0.2, 0) is 4.79 Å². The Morgan fingerprint density at radius 3 is 2.45 bits per heavy atom. The van der Waals surface area contributed by atoms with Gasteiger partial charge < -0.3 is 19.5 Å². The molecule has 4 aromatic rings. The highest BCUT2D eigenvalue weighted by molar-refractivity contribution is 5.97. The van der Waals surface area contributed by atoms with Crippen molar-refractivity contribution in [3.8, 4) is 23.0 Å². The lowest BCUT2D eigenvalue weighted by Gasteiger charge is -2.13. The number of pyridine rings is 1. The van der Waals surface area contributed by atoms with Crippen molar-refractivity contribution in [2.24, 2.45) is 5.92 Å². The zero-order valence-electron chi connectivity index (χ0n) is 17.3. The molecule has 1 heterocycles. The van der Waals surface area contributed by atoms with Gasteiger partial charge in [0.05, 0.1) is 19.7 Å². The molecule has 156 valence electrons. The molecular formula is C25H22N2O4. The van der Waals surface area contributed by atoms with E-state index in [9.17, 15) is 4.79 Å². The molecule has 1 saturated carbocycles. The fourth-order valence-electron chi connectivity index (χ4n) is 3.62. The molecule has 1 aromatic heterocycles. The molecule has 1 N–H and O–H groups in total. The van der Waals surface area contributed by atoms with Crippen molar-refractivity contribution < 1.29 is 19.0 Å². The van der Waals surface area contributed by atoms with Gasteiger partial charge in [0.1, 0.15) is 11.5 Å². The molecule has 5 rings (SSSR count). The average Bonchev–Trinajstić information content (AvgIpc) is 3.64. The van der Waals surface area contributed by atoms with Gasteiger partial charge in [-0.3, -0.25) is 9.78 Å². The first-order chi connectivity index (χ1) is 15.1. The zero-order chi connectivity index (χ0) is 21.4. The molecule has 31 heavy (non-hydrogen) atoms. The van der Waals surface area contributed by atoms with Crippen molar-refractivity contribution in [2.45, 2.75) is 12.8 Å². The molecule has 6 nitrogen and oxygen atoms in total. The van der Waals surface area contributed by atoms with E-state index in [1.807, 2.05) is 54.6 Å². The number of ether oxygens (including phenoxy) is 3. The summed E-state index contributed by atoms with van der Waals surface area (Å²) in [4.78, 5) is 16.5. The van der Waals surface area contributed by atoms with E-state index in [-0.39, 0.29) is 11.8 Å². The second-order valence-corrected chi connectivity index (χ2v) is 7.62. The normalized spacial score (nSPS) is 13.2. The number of aromatic nitrogens is 1. The molecule has 0 atom stereocenters. The maximum atomic E-state index is 12.1. The summed E-state index contributed by atoms with van der Waals surface area (Å²) in [7, 11) is 3.20. The summed E-state index contributed by atoms with van der Waals surface area (Å²) in [6, 6.07) is 17.3. The number of nitrogens with one attached hydrogen (secondary N) is 1. The van der Waals surface area contributed by atoms with Gasteiger partial charge in [0.25, 0.3) is 0 Å². The van der Waals surface area contributed by atoms with Gasteiger partial charge >= 0.3 is 0 Å². The van der Waals surface area contributed by atoms with Gasteiger partial charge in [-0.1, -0.05) is 12.1 Å². The smallest absolute Gasteiger partial charge is 0.227 e. The number of nitrogens with zero attached hydrogens (tertiary/aromatic N) is 1. The largest absolute Gasteiger partial charge is 0.493 e. The Kier molecular flexibility index (Phi) is 4.82. The van der Waals surface area contributed by atoms with E-state index >= 15 is 0 Å². The number of hydrogen-bond acceptors (Lipinski definition) is 5. The van der Waals surface area contributed by atoms with Crippen molar-refractivity contribution in [3.05, 3.63) is 60.8 Å². The highest BCUT2D eigenvalue weighted by atomic mass is 16.5. The summed E-state index contributed by atoms with van der Waals surface area (Å²) >= 11 is 0. The number of benzene rings is 3. The molecule has 0 radical (unpaired) electrons. The van der Waals surface area contributed by atoms with Gasteiger partial charge in [0.2, 0.25) is 5.91 Å². The van der Waals surface area contributed by atoms with Gasteiger partial charge in [0, 0.05) is 29.3 Å². The Labute approximate surface area is 179 Å². The van der Waals surface area contributed by atoms with Crippen LogP contribution in [-0.4, -0.2) is 25.1 Å². The van der Waals surface area contributed by atoms with Crippen LogP contribution < -0.4 is 19.5 Å². The number of methoxy groups -OCH3 is 2. The van der Waals surface area contributed by atoms with Crippen LogP contribution >= 0.6 is 0 Å². The summed E-state index contributed by atoms with van der Waals surface area (Å²) in [6.45, 7) is 0. The Morgan fingerprint density at radius 2 is 1.68 bits per heavy atom. The topological polar surface area (TPSA) is 69.7 Å². The molecule has 3 aromatic carbocycles. The minimum atomic E-state index is 0.0967. The quantitative estimate of drug-likeness (QED) is 0.448. The molecule has 6 heteroatoms. The summed E-state index contributed by atoms with van der Waals surface area (Å²) in [5.74, 6) is 2.86. The summed E-state index contributed by atoms with van der Waals surface area (Å²) in [5.41, 5.74) is 1.55. The van der Waals surface area contributed by atoms with Crippen molar-refractivity contribution in [3.63, 3.8) is 0 Å². The van der Waals surface area contributed by atoms with Gasteiger partial charge in [0.15, 0.2) is 11.5 Å². The number of fused-ring (bicyclic) bond motifs is 2. The summed E-state index contributed by atoms with van der Waals surface area (Å²) in [6.07, 6.45) is 3.66. The lowest BCUT2D eigenvalue weighted by atomic mass is 10.1. The van der Waals surface area contributed by atoms with Crippen LogP contribution in [0.2, 0.25) is 0 Å². The number of rotatable bonds is 6. The first kappa shape index (κ1) is 19.2. The minimum absolute atomic E-state index is 0.0967. The average molecular weight is 414 g/mol. The number of hydrogen-bond donors (Lipinski definition) is 1. The van der Waals surface area contributed by atoms with Crippen molar-refractivity contribution in [2.75, 3.05) is 19.5 Å². The number of carbonyl (C=O) groups is 1. The third-order valence-corrected chi connectivity index (χ3v) is 5.46. The van der Waals surface area contributed by atoms with Crippen LogP contribution in [0.4, 0.5) is 5.69 Å². The van der Waals surface area contributed by atoms with Crippen LogP contribution in [0.3, 0.4) is 0 Å². The van der Waals surface area contributed by atoms with Crippen LogP contribution in [0.5, 0.6) is 23.0 Å². The maximum absolute atomic E-state index is 12.1. The molecule has 0 saturated heterocycles. The van der Waals surface area contributed by atoms with Gasteiger partial charge in [-0.25, -0.2) is 0 Å². The predicted molar refractivity (Wildman–Crippen MR) is 120 cm³/mol. The Hall–Kier alpha value is -3.80. The number of carbonyl (C=O) groups excluding carboxylic acids is 1. The second kappa shape index (κ2) is 7.80. The molecule has 1 fully saturated rings. The van der Waals surface area contributed by atoms with Gasteiger partial charge in [-0.05, 0) is 60.0 Å². The second-order valence-electron chi connectivity index (χ2n) is 7.62. The Morgan fingerprint density at radius 1 is 0.903 bits per heavy atom. The lowest BCUT2D eigenvalue weighted by Crippen LogP contribution is -2.13. The van der Waals surface area contributed by atoms with Crippen LogP contribution in [0, 0.1) is 5.92 Å². The van der Waals surface area contributed by atoms with E-state index in [2.05, 4.69) is 10.3 Å². The molecule has 1 aliphatic carbocycles. The van der Waals surface area contributed by atoms with Crippen molar-refractivity contribution in [1.29, 1.82) is 0 Å². The molecular weight excluding hydrogens is 392 g/mol. The van der Waals surface area contributed by atoms with Crippen LogP contribution in [0.15, 0.2) is 60.8 Å². The molecule has 0 aliphatic heterocycles. The van der Waals surface area contributed by atoms with E-state index in [0.717, 1.165) is 40.2 Å². The van der Waals surface area contributed by atoms with E-state index < -0.39 is 0 Å². The van der Waals surface area contributed by atoms with Gasteiger partial charge in [-0.2, -0.15) is 0 Å². The zero-order valence-corrected chi connectivity index (χ0v) is 17.3. The third-order valence-electron chi connectivity index (χ3n) is 5.46. The highest BCUT2D eigenvalue weighted by Gasteiger charge is 2.29. The minimum Gasteiger partial charge on any atom is -0.493 e. The van der Waals surface area contributed by atoms with Crippen LogP contribution in [0.1, 0.15) is 12.8 Å². The predicted octanol–water partition coefficient (Wildman–Crippen LogP) is 5.55. The van der Waals surface area contributed by atoms with E-state index in [4.69, 9.17) is 14.2 Å². The van der Waals surface area contributed by atoms with E-state index in [1.165, 1.54) is 0 Å². The monoisotopic (exact) mass is 414 g/mol. The highest BCUT2D eigenvalue weighted by Crippen LogP contribution is 2.37. The first-order valence-electron chi connectivity index (χ1n) is 10.2. The lowest BCUT2D eigenvalue weighted by molar-refractivity contribution is -0.117. The summed E-state index contributed by atoms with van der Waals surface area (Å²) in [5, 5.41) is 5.89. The molecule has 1 amide bonds. The fraction of sp³-hybridized carbons (Fsp3) is 0.200. The summed E-state index contributed by atoms with van der Waals surface area (Å²) < 4.78 is 17.0. The molecule has 0 spiro atoms.